The molecule has 0 saturated carbocycles. The van der Waals surface area contributed by atoms with E-state index in [1.165, 1.54) is 0 Å². The number of aromatic nitrogens is 2. The highest BCUT2D eigenvalue weighted by atomic mass is 28.3. The van der Waals surface area contributed by atoms with Crippen LogP contribution in [0.25, 0.3) is 0 Å². The number of hydrogen-bond acceptors (Lipinski definition) is 2. The van der Waals surface area contributed by atoms with Crippen molar-refractivity contribution < 1.29 is 4.79 Å². The molecule has 0 bridgehead atoms. The molecule has 4 heteroatoms. The van der Waals surface area contributed by atoms with Crippen LogP contribution in [0.1, 0.15) is 23.2 Å². The van der Waals surface area contributed by atoms with Gasteiger partial charge in [0, 0.05) is 21.0 Å². The van der Waals surface area contributed by atoms with Crippen molar-refractivity contribution in [2.45, 2.75) is 39.5 Å². The van der Waals surface area contributed by atoms with Crippen LogP contribution in [0.15, 0.2) is 6.20 Å². The Morgan fingerprint density at radius 1 is 1.50 bits per heavy atom. The predicted octanol–water partition coefficient (Wildman–Crippen LogP) is 2.89. The van der Waals surface area contributed by atoms with E-state index in [4.69, 9.17) is 0 Å². The zero-order chi connectivity index (χ0) is 12.5. The van der Waals surface area contributed by atoms with E-state index >= 15 is 0 Å². The second-order valence-corrected chi connectivity index (χ2v) is 11.3. The van der Waals surface area contributed by atoms with Crippen LogP contribution < -0.4 is 0 Å². The highest BCUT2D eigenvalue weighted by Gasteiger charge is 2.25. The average Bonchev–Trinajstić information content (AvgIpc) is 2.44. The molecule has 1 aromatic rings. The topological polar surface area (TPSA) is 34.9 Å². The lowest BCUT2D eigenvalue weighted by molar-refractivity contribution is 0.0930. The average molecular weight is 238 g/mol. The third-order valence-corrected chi connectivity index (χ3v) is 4.68. The van der Waals surface area contributed by atoms with Gasteiger partial charge in [-0.3, -0.25) is 4.79 Å². The maximum absolute atomic E-state index is 12.2. The molecule has 1 unspecified atom stereocenters. The van der Waals surface area contributed by atoms with E-state index in [-0.39, 0.29) is 11.7 Å². The van der Waals surface area contributed by atoms with Crippen molar-refractivity contribution in [1.82, 2.24) is 9.55 Å². The summed E-state index contributed by atoms with van der Waals surface area (Å²) in [6, 6.07) is 1.04. The van der Waals surface area contributed by atoms with Crippen LogP contribution in [0.4, 0.5) is 0 Å². The van der Waals surface area contributed by atoms with Crippen LogP contribution in [-0.4, -0.2) is 23.4 Å². The highest BCUT2D eigenvalue weighted by Crippen LogP contribution is 2.20. The van der Waals surface area contributed by atoms with Gasteiger partial charge in [0.1, 0.15) is 11.5 Å². The number of aryl methyl sites for hydroxylation is 1. The zero-order valence-electron chi connectivity index (χ0n) is 11.2. The number of hydrogen-bond donors (Lipinski definition) is 0. The first-order valence-electron chi connectivity index (χ1n) is 5.75. The molecule has 1 atom stereocenters. The molecule has 0 aliphatic carbocycles. The molecule has 0 saturated heterocycles. The normalized spacial score (nSPS) is 13.9. The van der Waals surface area contributed by atoms with Crippen molar-refractivity contribution >= 4 is 13.9 Å². The number of carbonyl (C=O) groups is 1. The summed E-state index contributed by atoms with van der Waals surface area (Å²) >= 11 is 0. The molecule has 0 fully saturated rings. The highest BCUT2D eigenvalue weighted by molar-refractivity contribution is 6.76. The molecule has 16 heavy (non-hydrogen) atoms. The summed E-state index contributed by atoms with van der Waals surface area (Å²) in [7, 11) is 0.723. The standard InChI is InChI=1S/C12H22N2OSi/c1-9(8-16(4,5)6)12(15)11-7-13-10(2)14(11)3/h7,9H,8H2,1-6H3. The molecule has 0 aliphatic rings. The van der Waals surface area contributed by atoms with Crippen molar-refractivity contribution in [3.63, 3.8) is 0 Å². The fourth-order valence-electron chi connectivity index (χ4n) is 1.99. The molecule has 0 amide bonds. The van der Waals surface area contributed by atoms with E-state index in [1.54, 1.807) is 6.20 Å². The molecule has 0 aromatic carbocycles. The van der Waals surface area contributed by atoms with Crippen molar-refractivity contribution in [1.29, 1.82) is 0 Å². The molecule has 0 N–H and O–H groups in total. The lowest BCUT2D eigenvalue weighted by Crippen LogP contribution is -2.27. The van der Waals surface area contributed by atoms with Gasteiger partial charge in [0.15, 0.2) is 5.78 Å². The Hall–Kier alpha value is -0.903. The maximum Gasteiger partial charge on any atom is 0.183 e. The molecule has 3 nitrogen and oxygen atoms in total. The summed E-state index contributed by atoms with van der Waals surface area (Å²) in [5.41, 5.74) is 0.739. The van der Waals surface area contributed by atoms with E-state index in [2.05, 4.69) is 24.6 Å². The number of nitrogens with zero attached hydrogens (tertiary/aromatic N) is 2. The maximum atomic E-state index is 12.2. The van der Waals surface area contributed by atoms with Crippen molar-refractivity contribution in [3.8, 4) is 0 Å². The third kappa shape index (κ3) is 3.04. The van der Waals surface area contributed by atoms with Gasteiger partial charge >= 0.3 is 0 Å². The Morgan fingerprint density at radius 2 is 2.06 bits per heavy atom. The Kier molecular flexibility index (Phi) is 3.73. The van der Waals surface area contributed by atoms with Gasteiger partial charge in [0.05, 0.1) is 6.20 Å². The summed E-state index contributed by atoms with van der Waals surface area (Å²) in [6.07, 6.45) is 1.69. The summed E-state index contributed by atoms with van der Waals surface area (Å²) < 4.78 is 1.88. The van der Waals surface area contributed by atoms with Crippen LogP contribution in [-0.2, 0) is 7.05 Å². The summed E-state index contributed by atoms with van der Waals surface area (Å²) in [4.78, 5) is 16.4. The first kappa shape index (κ1) is 13.2. The lowest BCUT2D eigenvalue weighted by Gasteiger charge is -2.20. The molecule has 0 radical (unpaired) electrons. The van der Waals surface area contributed by atoms with E-state index in [9.17, 15) is 4.79 Å². The number of rotatable bonds is 4. The van der Waals surface area contributed by atoms with E-state index in [0.29, 0.717) is 0 Å². The second kappa shape index (κ2) is 4.53. The molecule has 1 aromatic heterocycles. The first-order valence-corrected chi connectivity index (χ1v) is 9.45. The first-order chi connectivity index (χ1) is 7.22. The Balaban J connectivity index is 2.83. The lowest BCUT2D eigenvalue weighted by atomic mass is 10.1. The second-order valence-electron chi connectivity index (χ2n) is 5.78. The number of carbonyl (C=O) groups excluding carboxylic acids is 1. The van der Waals surface area contributed by atoms with Gasteiger partial charge in [-0.2, -0.15) is 0 Å². The van der Waals surface area contributed by atoms with E-state index in [1.807, 2.05) is 25.5 Å². The van der Waals surface area contributed by atoms with E-state index < -0.39 is 8.07 Å². The summed E-state index contributed by atoms with van der Waals surface area (Å²) in [6.45, 7) is 10.8. The Labute approximate surface area is 98.9 Å². The van der Waals surface area contributed by atoms with Gasteiger partial charge in [-0.15, -0.1) is 0 Å². The molecule has 90 valence electrons. The van der Waals surface area contributed by atoms with Gasteiger partial charge in [-0.25, -0.2) is 4.98 Å². The molecule has 1 heterocycles. The zero-order valence-corrected chi connectivity index (χ0v) is 12.2. The van der Waals surface area contributed by atoms with Crippen LogP contribution in [0.2, 0.25) is 25.7 Å². The number of ketones is 1. The van der Waals surface area contributed by atoms with Crippen LogP contribution in [0, 0.1) is 12.8 Å². The van der Waals surface area contributed by atoms with Crippen molar-refractivity contribution in [2.24, 2.45) is 13.0 Å². The summed E-state index contributed by atoms with van der Waals surface area (Å²) in [5, 5.41) is 0. The molecular formula is C12H22N2OSi. The fraction of sp³-hybridized carbons (Fsp3) is 0.667. The van der Waals surface area contributed by atoms with Gasteiger partial charge in [-0.1, -0.05) is 26.6 Å². The molecule has 1 rings (SSSR count). The minimum absolute atomic E-state index is 0.112. The minimum atomic E-state index is -1.18. The number of imidazole rings is 1. The van der Waals surface area contributed by atoms with Crippen LogP contribution >= 0.6 is 0 Å². The van der Waals surface area contributed by atoms with Crippen LogP contribution in [0.3, 0.4) is 0 Å². The number of Topliss-reactive ketones (excluding diaryl/α,β-unsaturated/α-hetero) is 1. The Bertz CT molecular complexity index is 390. The van der Waals surface area contributed by atoms with Gasteiger partial charge in [-0.05, 0) is 13.0 Å². The van der Waals surface area contributed by atoms with Crippen molar-refractivity contribution in [3.05, 3.63) is 17.7 Å². The van der Waals surface area contributed by atoms with Crippen LogP contribution in [0.5, 0.6) is 0 Å². The quantitative estimate of drug-likeness (QED) is 0.597. The molecule has 0 spiro atoms. The van der Waals surface area contributed by atoms with Gasteiger partial charge in [0.2, 0.25) is 0 Å². The SMILES string of the molecule is Cc1ncc(C(=O)C(C)C[Si](C)(C)C)n1C. The third-order valence-electron chi connectivity index (χ3n) is 2.84. The van der Waals surface area contributed by atoms with Gasteiger partial charge < -0.3 is 4.57 Å². The van der Waals surface area contributed by atoms with Crippen molar-refractivity contribution in [2.75, 3.05) is 0 Å². The molecule has 0 aliphatic heterocycles. The Morgan fingerprint density at radius 3 is 2.44 bits per heavy atom. The smallest absolute Gasteiger partial charge is 0.183 e. The largest absolute Gasteiger partial charge is 0.329 e. The van der Waals surface area contributed by atoms with Gasteiger partial charge in [0.25, 0.3) is 0 Å². The predicted molar refractivity (Wildman–Crippen MR) is 69.6 cm³/mol. The fourth-order valence-corrected chi connectivity index (χ4v) is 4.02. The minimum Gasteiger partial charge on any atom is -0.329 e. The monoisotopic (exact) mass is 238 g/mol. The summed E-state index contributed by atoms with van der Waals surface area (Å²) in [5.74, 6) is 1.23. The van der Waals surface area contributed by atoms with E-state index in [0.717, 1.165) is 17.6 Å². The molecular weight excluding hydrogens is 216 g/mol.